The summed E-state index contributed by atoms with van der Waals surface area (Å²) in [6.07, 6.45) is 0. The SMILES string of the molecule is CC(C)S(C#Cc1cccc(-c2csc(N)n2)c1)(C(C)C)C(C)C. The maximum absolute atomic E-state index is 5.75. The number of nitrogens with two attached hydrogens (primary N) is 1. The molecule has 0 spiro atoms. The predicted molar refractivity (Wildman–Crippen MR) is 112 cm³/mol. The van der Waals surface area contributed by atoms with Crippen molar-refractivity contribution in [3.05, 3.63) is 35.2 Å². The molecule has 2 aromatic rings. The highest BCUT2D eigenvalue weighted by atomic mass is 32.3. The van der Waals surface area contributed by atoms with Crippen molar-refractivity contribution >= 4 is 26.5 Å². The van der Waals surface area contributed by atoms with Gasteiger partial charge in [-0.2, -0.15) is 10.0 Å². The third kappa shape index (κ3) is 3.79. The minimum Gasteiger partial charge on any atom is -0.375 e. The fourth-order valence-electron chi connectivity index (χ4n) is 3.31. The monoisotopic (exact) mass is 360 g/mol. The lowest BCUT2D eigenvalue weighted by atomic mass is 10.1. The first-order valence-electron chi connectivity index (χ1n) is 8.41. The average Bonchev–Trinajstić information content (AvgIpc) is 2.94. The molecule has 0 aliphatic rings. The van der Waals surface area contributed by atoms with E-state index in [0.29, 0.717) is 20.9 Å². The molecule has 130 valence electrons. The molecule has 0 aliphatic carbocycles. The number of aromatic nitrogens is 1. The molecule has 1 heterocycles. The van der Waals surface area contributed by atoms with E-state index in [0.717, 1.165) is 16.8 Å². The van der Waals surface area contributed by atoms with Gasteiger partial charge in [0.1, 0.15) is 0 Å². The third-order valence-electron chi connectivity index (χ3n) is 4.39. The van der Waals surface area contributed by atoms with E-state index in [1.807, 2.05) is 11.4 Å². The zero-order valence-corrected chi connectivity index (χ0v) is 17.1. The van der Waals surface area contributed by atoms with Crippen molar-refractivity contribution in [3.63, 3.8) is 0 Å². The molecular weight excluding hydrogens is 332 g/mol. The van der Waals surface area contributed by atoms with Gasteiger partial charge in [-0.05, 0) is 33.1 Å². The molecule has 2 N–H and O–H groups in total. The fraction of sp³-hybridized carbons (Fsp3) is 0.450. The van der Waals surface area contributed by atoms with Gasteiger partial charge in [0, 0.05) is 16.5 Å². The Bertz CT molecular complexity index is 726. The van der Waals surface area contributed by atoms with E-state index in [1.165, 1.54) is 11.3 Å². The second kappa shape index (κ2) is 7.63. The smallest absolute Gasteiger partial charge is 0.180 e. The Kier molecular flexibility index (Phi) is 6.01. The topological polar surface area (TPSA) is 38.9 Å². The molecule has 0 radical (unpaired) electrons. The molecule has 2 rings (SSSR count). The van der Waals surface area contributed by atoms with Crippen LogP contribution in [0.1, 0.15) is 47.1 Å². The number of anilines is 1. The van der Waals surface area contributed by atoms with Crippen molar-refractivity contribution in [2.75, 3.05) is 5.73 Å². The Morgan fingerprint density at radius 2 is 1.67 bits per heavy atom. The summed E-state index contributed by atoms with van der Waals surface area (Å²) in [6.45, 7) is 13.9. The Morgan fingerprint density at radius 3 is 2.17 bits per heavy atom. The first kappa shape index (κ1) is 18.9. The zero-order valence-electron chi connectivity index (χ0n) is 15.5. The van der Waals surface area contributed by atoms with Crippen LogP contribution < -0.4 is 5.73 Å². The molecule has 24 heavy (non-hydrogen) atoms. The van der Waals surface area contributed by atoms with Crippen LogP contribution in [0.15, 0.2) is 29.6 Å². The van der Waals surface area contributed by atoms with Crippen molar-refractivity contribution in [2.24, 2.45) is 0 Å². The summed E-state index contributed by atoms with van der Waals surface area (Å²) in [6, 6.07) is 8.31. The molecule has 0 saturated carbocycles. The van der Waals surface area contributed by atoms with Crippen LogP contribution in [0.5, 0.6) is 0 Å². The summed E-state index contributed by atoms with van der Waals surface area (Å²) in [7, 11) is -1.01. The minimum atomic E-state index is -1.01. The van der Waals surface area contributed by atoms with E-state index in [1.54, 1.807) is 0 Å². The Morgan fingerprint density at radius 1 is 1.04 bits per heavy atom. The summed E-state index contributed by atoms with van der Waals surface area (Å²) in [5.74, 6) is 3.48. The second-order valence-corrected chi connectivity index (χ2v) is 12.2. The normalized spacial score (nSPS) is 12.5. The highest BCUT2D eigenvalue weighted by molar-refractivity contribution is 8.38. The first-order chi connectivity index (χ1) is 11.3. The lowest BCUT2D eigenvalue weighted by molar-refractivity contribution is 0.959. The van der Waals surface area contributed by atoms with E-state index in [-0.39, 0.29) is 0 Å². The molecule has 2 nitrogen and oxygen atoms in total. The predicted octanol–water partition coefficient (Wildman–Crippen LogP) is 5.73. The lowest BCUT2D eigenvalue weighted by Gasteiger charge is -2.46. The lowest BCUT2D eigenvalue weighted by Crippen LogP contribution is -2.27. The molecular formula is C20H28N2S2. The van der Waals surface area contributed by atoms with Crippen LogP contribution in [-0.2, 0) is 0 Å². The maximum Gasteiger partial charge on any atom is 0.180 e. The first-order valence-corrected chi connectivity index (χ1v) is 11.1. The van der Waals surface area contributed by atoms with Gasteiger partial charge < -0.3 is 5.73 Å². The molecule has 0 unspecified atom stereocenters. The molecule has 0 atom stereocenters. The minimum absolute atomic E-state index is 0.589. The molecule has 0 aliphatic heterocycles. The number of nitrogen functional groups attached to an aromatic ring is 1. The Labute approximate surface area is 152 Å². The van der Waals surface area contributed by atoms with Gasteiger partial charge in [0.25, 0.3) is 0 Å². The van der Waals surface area contributed by atoms with Gasteiger partial charge in [-0.25, -0.2) is 4.98 Å². The maximum atomic E-state index is 5.75. The van der Waals surface area contributed by atoms with Crippen molar-refractivity contribution in [1.29, 1.82) is 0 Å². The van der Waals surface area contributed by atoms with E-state index >= 15 is 0 Å². The van der Waals surface area contributed by atoms with E-state index in [2.05, 4.69) is 75.9 Å². The third-order valence-corrected chi connectivity index (χ3v) is 10.2. The average molecular weight is 361 g/mol. The van der Waals surface area contributed by atoms with Crippen LogP contribution in [0.25, 0.3) is 11.3 Å². The molecule has 0 bridgehead atoms. The standard InChI is InChI=1S/C20H28N2S2/c1-14(2)24(15(3)4,16(5)6)11-10-17-8-7-9-18(12-17)19-13-23-20(21)22-19/h7-9,12-16H,1-6H3,(H2,21,22). The highest BCUT2D eigenvalue weighted by Crippen LogP contribution is 2.59. The molecule has 0 saturated heterocycles. The van der Waals surface area contributed by atoms with Crippen LogP contribution in [0, 0.1) is 11.2 Å². The van der Waals surface area contributed by atoms with Gasteiger partial charge in [0.2, 0.25) is 0 Å². The number of hydrogen-bond donors (Lipinski definition) is 1. The Hall–Kier alpha value is -1.44. The van der Waals surface area contributed by atoms with Crippen LogP contribution in [0.4, 0.5) is 5.13 Å². The van der Waals surface area contributed by atoms with Gasteiger partial charge in [0.15, 0.2) is 5.13 Å². The molecule has 1 aromatic heterocycles. The van der Waals surface area contributed by atoms with Gasteiger partial charge in [-0.15, -0.1) is 11.3 Å². The highest BCUT2D eigenvalue weighted by Gasteiger charge is 2.32. The zero-order chi connectivity index (χ0) is 17.9. The summed E-state index contributed by atoms with van der Waals surface area (Å²) in [4.78, 5) is 4.37. The second-order valence-electron chi connectivity index (χ2n) is 6.79. The van der Waals surface area contributed by atoms with Gasteiger partial charge in [0.05, 0.1) is 5.69 Å². The van der Waals surface area contributed by atoms with E-state index in [9.17, 15) is 0 Å². The number of benzene rings is 1. The summed E-state index contributed by atoms with van der Waals surface area (Å²) < 4.78 is 0. The largest absolute Gasteiger partial charge is 0.375 e. The summed E-state index contributed by atoms with van der Waals surface area (Å²) >= 11 is 1.47. The van der Waals surface area contributed by atoms with Crippen LogP contribution in [0.2, 0.25) is 0 Å². The molecule has 0 amide bonds. The number of nitrogens with zero attached hydrogens (tertiary/aromatic N) is 1. The number of rotatable bonds is 4. The fourth-order valence-corrected chi connectivity index (χ4v) is 8.15. The van der Waals surface area contributed by atoms with E-state index in [4.69, 9.17) is 5.73 Å². The van der Waals surface area contributed by atoms with Crippen molar-refractivity contribution in [3.8, 4) is 22.4 Å². The molecule has 1 aromatic carbocycles. The van der Waals surface area contributed by atoms with Crippen LogP contribution in [-0.4, -0.2) is 20.7 Å². The van der Waals surface area contributed by atoms with Gasteiger partial charge >= 0.3 is 0 Å². The number of thiazole rings is 1. The van der Waals surface area contributed by atoms with Crippen LogP contribution >= 0.6 is 21.4 Å². The molecule has 4 heteroatoms. The van der Waals surface area contributed by atoms with Crippen molar-refractivity contribution < 1.29 is 0 Å². The molecule has 0 fully saturated rings. The van der Waals surface area contributed by atoms with Gasteiger partial charge in [-0.3, -0.25) is 0 Å². The van der Waals surface area contributed by atoms with Crippen molar-refractivity contribution in [1.82, 2.24) is 4.98 Å². The van der Waals surface area contributed by atoms with Gasteiger partial charge in [-0.1, -0.05) is 59.6 Å². The van der Waals surface area contributed by atoms with Crippen molar-refractivity contribution in [2.45, 2.75) is 57.3 Å². The quantitative estimate of drug-likeness (QED) is 0.707. The summed E-state index contributed by atoms with van der Waals surface area (Å²) in [5, 5.41) is 8.09. The number of hydrogen-bond acceptors (Lipinski definition) is 3. The Balaban J connectivity index is 2.42. The van der Waals surface area contributed by atoms with Crippen LogP contribution in [0.3, 0.4) is 0 Å². The van der Waals surface area contributed by atoms with E-state index < -0.39 is 10.0 Å². The summed E-state index contributed by atoms with van der Waals surface area (Å²) in [5.41, 5.74) is 8.81.